The van der Waals surface area contributed by atoms with Gasteiger partial charge in [0.2, 0.25) is 0 Å². The van der Waals surface area contributed by atoms with E-state index < -0.39 is 0 Å². The maximum atomic E-state index is 12.0. The zero-order chi connectivity index (χ0) is 31.0. The Morgan fingerprint density at radius 2 is 1.05 bits per heavy atom. The van der Waals surface area contributed by atoms with Gasteiger partial charge in [0.25, 0.3) is 0 Å². The largest absolute Gasteiger partial charge is 0.466 e. The van der Waals surface area contributed by atoms with Crippen LogP contribution in [0.5, 0.6) is 0 Å². The van der Waals surface area contributed by atoms with Crippen molar-refractivity contribution >= 4 is 17.7 Å². The Labute approximate surface area is 273 Å². The molecule has 0 aliphatic rings. The summed E-state index contributed by atoms with van der Waals surface area (Å²) in [5.41, 5.74) is 3.98. The second kappa shape index (κ2) is 22.9. The highest BCUT2D eigenvalue weighted by atomic mass is 32.2. The minimum Gasteiger partial charge on any atom is -0.466 e. The Kier molecular flexibility index (Phi) is 18.7. The van der Waals surface area contributed by atoms with Crippen LogP contribution in [0.25, 0.3) is 0 Å². The molecule has 0 saturated heterocycles. The molecule has 0 amide bonds. The summed E-state index contributed by atoms with van der Waals surface area (Å²) in [7, 11) is 0. The maximum absolute atomic E-state index is 12.0. The minimum absolute atomic E-state index is 0.0207. The van der Waals surface area contributed by atoms with E-state index in [9.17, 15) is 4.79 Å². The molecule has 0 saturated carbocycles. The van der Waals surface area contributed by atoms with Crippen LogP contribution in [0.4, 0.5) is 0 Å². The third kappa shape index (κ3) is 13.2. The highest BCUT2D eigenvalue weighted by molar-refractivity contribution is 8.00. The van der Waals surface area contributed by atoms with Gasteiger partial charge in [-0.1, -0.05) is 156 Å². The smallest absolute Gasteiger partial charge is 0.305 e. The second-order valence-corrected chi connectivity index (χ2v) is 13.3. The molecule has 3 rings (SSSR count). The molecule has 0 atom stereocenters. The standard InChI is InChI=1S/C40H57NO2S/c1-2-3-4-5-6-7-8-9-23-34-43-39(42)31-20-13-21-32-41-33-22-24-35-44-40(36-25-14-10-15-26-36,37-27-16-11-17-28-37)38-29-18-12-19-30-38/h10-12,14-19,25-30,41H,2-9,13,20-24,31-35H2,1H3. The maximum Gasteiger partial charge on any atom is 0.305 e. The number of thioether (sulfide) groups is 1. The van der Waals surface area contributed by atoms with E-state index in [2.05, 4.69) is 103 Å². The van der Waals surface area contributed by atoms with Gasteiger partial charge in [-0.15, -0.1) is 11.8 Å². The second-order valence-electron chi connectivity index (χ2n) is 11.9. The van der Waals surface area contributed by atoms with Crippen LogP contribution in [0.2, 0.25) is 0 Å². The normalized spacial score (nSPS) is 11.5. The third-order valence-corrected chi connectivity index (χ3v) is 9.99. The molecule has 0 radical (unpaired) electrons. The number of rotatable bonds is 25. The number of ether oxygens (including phenoxy) is 1. The van der Waals surface area contributed by atoms with Gasteiger partial charge in [0.05, 0.1) is 11.4 Å². The van der Waals surface area contributed by atoms with E-state index in [0.717, 1.165) is 57.4 Å². The number of benzene rings is 3. The topological polar surface area (TPSA) is 38.3 Å². The number of esters is 1. The summed E-state index contributed by atoms with van der Waals surface area (Å²) < 4.78 is 5.21. The van der Waals surface area contributed by atoms with Gasteiger partial charge < -0.3 is 10.1 Å². The van der Waals surface area contributed by atoms with Crippen molar-refractivity contribution in [3.8, 4) is 0 Å². The minimum atomic E-state index is -0.230. The van der Waals surface area contributed by atoms with Gasteiger partial charge in [-0.05, 0) is 67.6 Å². The molecule has 0 bridgehead atoms. The Bertz CT molecular complexity index is 1010. The molecular weight excluding hydrogens is 559 g/mol. The van der Waals surface area contributed by atoms with Crippen LogP contribution in [0.15, 0.2) is 91.0 Å². The average Bonchev–Trinajstić information content (AvgIpc) is 3.07. The first-order valence-electron chi connectivity index (χ1n) is 17.4. The van der Waals surface area contributed by atoms with Gasteiger partial charge in [0.1, 0.15) is 0 Å². The summed E-state index contributed by atoms with van der Waals surface area (Å²) in [6, 6.07) is 32.9. The van der Waals surface area contributed by atoms with E-state index in [0.29, 0.717) is 13.0 Å². The fourth-order valence-electron chi connectivity index (χ4n) is 5.84. The predicted molar refractivity (Wildman–Crippen MR) is 190 cm³/mol. The molecular formula is C40H57NO2S. The lowest BCUT2D eigenvalue weighted by molar-refractivity contribution is -0.143. The molecule has 0 aliphatic heterocycles. The van der Waals surface area contributed by atoms with Crippen LogP contribution in [-0.4, -0.2) is 31.4 Å². The van der Waals surface area contributed by atoms with Gasteiger partial charge >= 0.3 is 5.97 Å². The van der Waals surface area contributed by atoms with Crippen LogP contribution in [0.3, 0.4) is 0 Å². The lowest BCUT2D eigenvalue weighted by atomic mass is 9.84. The SMILES string of the molecule is CCCCCCCCCCCOC(=O)CCCCCNCCCCSC(c1ccccc1)(c1ccccc1)c1ccccc1. The predicted octanol–water partition coefficient (Wildman–Crippen LogP) is 10.7. The Hall–Kier alpha value is -2.56. The first-order valence-corrected chi connectivity index (χ1v) is 18.4. The molecule has 0 fully saturated rings. The van der Waals surface area contributed by atoms with Gasteiger partial charge in [0.15, 0.2) is 0 Å². The van der Waals surface area contributed by atoms with E-state index in [1.165, 1.54) is 68.1 Å². The molecule has 44 heavy (non-hydrogen) atoms. The van der Waals surface area contributed by atoms with E-state index in [1.807, 2.05) is 11.8 Å². The van der Waals surface area contributed by atoms with Crippen molar-refractivity contribution in [3.05, 3.63) is 108 Å². The van der Waals surface area contributed by atoms with Gasteiger partial charge in [-0.25, -0.2) is 0 Å². The number of nitrogens with one attached hydrogen (secondary N) is 1. The molecule has 3 nitrogen and oxygen atoms in total. The molecule has 3 aromatic rings. The number of carbonyl (C=O) groups is 1. The summed E-state index contributed by atoms with van der Waals surface area (Å²) in [6.45, 7) is 4.91. The monoisotopic (exact) mass is 615 g/mol. The van der Waals surface area contributed by atoms with E-state index >= 15 is 0 Å². The summed E-state index contributed by atoms with van der Waals surface area (Å²) in [6.07, 6.45) is 17.6. The molecule has 0 unspecified atom stereocenters. The summed E-state index contributed by atoms with van der Waals surface area (Å²) in [4.78, 5) is 12.0. The van der Waals surface area contributed by atoms with Crippen molar-refractivity contribution in [2.75, 3.05) is 25.4 Å². The first kappa shape index (κ1) is 35.9. The molecule has 0 aliphatic carbocycles. The Balaban J connectivity index is 1.26. The zero-order valence-electron chi connectivity index (χ0n) is 27.3. The molecule has 240 valence electrons. The van der Waals surface area contributed by atoms with Crippen molar-refractivity contribution in [2.45, 2.75) is 108 Å². The lowest BCUT2D eigenvalue weighted by Gasteiger charge is -2.35. The van der Waals surface area contributed by atoms with Crippen LogP contribution < -0.4 is 5.32 Å². The fraction of sp³-hybridized carbons (Fsp3) is 0.525. The number of unbranched alkanes of at least 4 members (excludes halogenated alkanes) is 11. The fourth-order valence-corrected chi connectivity index (χ4v) is 7.40. The molecule has 1 N–H and O–H groups in total. The summed E-state index contributed by atoms with van der Waals surface area (Å²) in [5, 5.41) is 3.61. The van der Waals surface area contributed by atoms with E-state index in [1.54, 1.807) is 0 Å². The third-order valence-electron chi connectivity index (χ3n) is 8.35. The van der Waals surface area contributed by atoms with Gasteiger partial charge in [-0.2, -0.15) is 0 Å². The summed E-state index contributed by atoms with van der Waals surface area (Å²) in [5.74, 6) is 1.06. The van der Waals surface area contributed by atoms with Crippen molar-refractivity contribution in [1.82, 2.24) is 5.32 Å². The first-order chi connectivity index (χ1) is 21.8. The van der Waals surface area contributed by atoms with Crippen molar-refractivity contribution in [2.24, 2.45) is 0 Å². The van der Waals surface area contributed by atoms with Crippen LogP contribution in [-0.2, 0) is 14.3 Å². The Morgan fingerprint density at radius 3 is 1.57 bits per heavy atom. The van der Waals surface area contributed by atoms with Crippen molar-refractivity contribution in [1.29, 1.82) is 0 Å². The van der Waals surface area contributed by atoms with Gasteiger partial charge in [0, 0.05) is 6.42 Å². The quantitative estimate of drug-likeness (QED) is 0.0585. The van der Waals surface area contributed by atoms with Crippen LogP contribution in [0.1, 0.15) is 120 Å². The highest BCUT2D eigenvalue weighted by Crippen LogP contribution is 2.48. The molecule has 0 heterocycles. The number of hydrogen-bond donors (Lipinski definition) is 1. The number of hydrogen-bond acceptors (Lipinski definition) is 4. The average molecular weight is 616 g/mol. The lowest BCUT2D eigenvalue weighted by Crippen LogP contribution is -2.26. The van der Waals surface area contributed by atoms with Crippen molar-refractivity contribution in [3.63, 3.8) is 0 Å². The number of carbonyl (C=O) groups excluding carboxylic acids is 1. The van der Waals surface area contributed by atoms with Crippen LogP contribution >= 0.6 is 11.8 Å². The van der Waals surface area contributed by atoms with E-state index in [-0.39, 0.29) is 10.7 Å². The molecule has 4 heteroatoms. The van der Waals surface area contributed by atoms with E-state index in [4.69, 9.17) is 4.74 Å². The van der Waals surface area contributed by atoms with Crippen molar-refractivity contribution < 1.29 is 9.53 Å². The zero-order valence-corrected chi connectivity index (χ0v) is 28.1. The molecule has 3 aromatic carbocycles. The highest BCUT2D eigenvalue weighted by Gasteiger charge is 2.36. The molecule has 0 aromatic heterocycles. The van der Waals surface area contributed by atoms with Crippen LogP contribution in [0, 0.1) is 0 Å². The van der Waals surface area contributed by atoms with Gasteiger partial charge in [-0.3, -0.25) is 4.79 Å². The Morgan fingerprint density at radius 1 is 0.591 bits per heavy atom. The molecule has 0 spiro atoms. The summed E-state index contributed by atoms with van der Waals surface area (Å²) >= 11 is 2.05.